The Kier molecular flexibility index (Phi) is 3.91. The largest absolute Gasteiger partial charge is 0.328 e. The standard InChI is InChI=1S/C13H21N3/c1-16(10-11-6-8-15-9-7-11)13-4-2-12(14)3-5-13/h6-9,12-13H,2-5,10,14H2,1H3. The van der Waals surface area contributed by atoms with Crippen molar-refractivity contribution >= 4 is 0 Å². The average Bonchev–Trinajstić information content (AvgIpc) is 2.31. The van der Waals surface area contributed by atoms with E-state index in [1.807, 2.05) is 12.4 Å². The highest BCUT2D eigenvalue weighted by Crippen LogP contribution is 2.22. The highest BCUT2D eigenvalue weighted by Gasteiger charge is 2.21. The molecule has 0 saturated heterocycles. The summed E-state index contributed by atoms with van der Waals surface area (Å²) in [6.45, 7) is 1.02. The van der Waals surface area contributed by atoms with Crippen LogP contribution in [0.15, 0.2) is 24.5 Å². The lowest BCUT2D eigenvalue weighted by atomic mass is 9.91. The molecule has 1 fully saturated rings. The van der Waals surface area contributed by atoms with Crippen LogP contribution in [-0.2, 0) is 6.54 Å². The smallest absolute Gasteiger partial charge is 0.0271 e. The second-order valence-corrected chi connectivity index (χ2v) is 4.84. The third-order valence-electron chi connectivity index (χ3n) is 3.55. The van der Waals surface area contributed by atoms with Gasteiger partial charge in [-0.05, 0) is 50.4 Å². The summed E-state index contributed by atoms with van der Waals surface area (Å²) in [6.07, 6.45) is 8.54. The third kappa shape index (κ3) is 3.03. The maximum atomic E-state index is 5.92. The number of aromatic nitrogens is 1. The van der Waals surface area contributed by atoms with E-state index in [9.17, 15) is 0 Å². The predicted octanol–water partition coefficient (Wildman–Crippen LogP) is 1.78. The molecule has 1 aromatic rings. The van der Waals surface area contributed by atoms with Crippen molar-refractivity contribution in [2.45, 2.75) is 44.3 Å². The molecule has 16 heavy (non-hydrogen) atoms. The van der Waals surface area contributed by atoms with E-state index in [-0.39, 0.29) is 0 Å². The lowest BCUT2D eigenvalue weighted by molar-refractivity contribution is 0.176. The summed E-state index contributed by atoms with van der Waals surface area (Å²) in [5.74, 6) is 0. The van der Waals surface area contributed by atoms with Crippen LogP contribution < -0.4 is 5.73 Å². The number of nitrogens with zero attached hydrogens (tertiary/aromatic N) is 2. The van der Waals surface area contributed by atoms with Gasteiger partial charge in [-0.15, -0.1) is 0 Å². The summed E-state index contributed by atoms with van der Waals surface area (Å²) in [6, 6.07) is 5.31. The van der Waals surface area contributed by atoms with Gasteiger partial charge in [0.2, 0.25) is 0 Å². The number of hydrogen-bond donors (Lipinski definition) is 1. The fourth-order valence-electron chi connectivity index (χ4n) is 2.45. The van der Waals surface area contributed by atoms with E-state index in [0.717, 1.165) is 6.54 Å². The molecule has 1 aromatic heterocycles. The first-order chi connectivity index (χ1) is 7.75. The van der Waals surface area contributed by atoms with Crippen LogP contribution in [0.3, 0.4) is 0 Å². The topological polar surface area (TPSA) is 42.2 Å². The van der Waals surface area contributed by atoms with E-state index >= 15 is 0 Å². The Morgan fingerprint density at radius 1 is 1.25 bits per heavy atom. The fraction of sp³-hybridized carbons (Fsp3) is 0.615. The van der Waals surface area contributed by atoms with Gasteiger partial charge in [0.05, 0.1) is 0 Å². The average molecular weight is 219 g/mol. The summed E-state index contributed by atoms with van der Waals surface area (Å²) < 4.78 is 0. The molecule has 88 valence electrons. The second kappa shape index (κ2) is 5.41. The normalized spacial score (nSPS) is 25.9. The molecule has 1 saturated carbocycles. The van der Waals surface area contributed by atoms with Crippen molar-refractivity contribution in [3.8, 4) is 0 Å². The molecular weight excluding hydrogens is 198 g/mol. The molecule has 0 unspecified atom stereocenters. The molecule has 3 heteroatoms. The summed E-state index contributed by atoms with van der Waals surface area (Å²) in [5.41, 5.74) is 7.26. The van der Waals surface area contributed by atoms with Crippen molar-refractivity contribution in [2.24, 2.45) is 5.73 Å². The Labute approximate surface area is 97.7 Å². The second-order valence-electron chi connectivity index (χ2n) is 4.84. The first-order valence-electron chi connectivity index (χ1n) is 6.10. The van der Waals surface area contributed by atoms with Crippen LogP contribution in [0.4, 0.5) is 0 Å². The fourth-order valence-corrected chi connectivity index (χ4v) is 2.45. The summed E-state index contributed by atoms with van der Waals surface area (Å²) >= 11 is 0. The Bertz CT molecular complexity index is 304. The molecule has 1 aliphatic carbocycles. The molecule has 3 nitrogen and oxygen atoms in total. The zero-order valence-electron chi connectivity index (χ0n) is 9.97. The summed E-state index contributed by atoms with van der Waals surface area (Å²) in [4.78, 5) is 6.49. The first-order valence-corrected chi connectivity index (χ1v) is 6.10. The van der Waals surface area contributed by atoms with Crippen LogP contribution in [0.2, 0.25) is 0 Å². The molecule has 0 radical (unpaired) electrons. The van der Waals surface area contributed by atoms with E-state index in [2.05, 4.69) is 29.1 Å². The molecule has 1 heterocycles. The Morgan fingerprint density at radius 3 is 2.50 bits per heavy atom. The Morgan fingerprint density at radius 2 is 1.88 bits per heavy atom. The molecule has 0 amide bonds. The minimum atomic E-state index is 0.436. The monoisotopic (exact) mass is 219 g/mol. The molecule has 0 aliphatic heterocycles. The zero-order valence-corrected chi connectivity index (χ0v) is 9.97. The SMILES string of the molecule is CN(Cc1ccncc1)C1CCC(N)CC1. The van der Waals surface area contributed by atoms with Gasteiger partial charge >= 0.3 is 0 Å². The van der Waals surface area contributed by atoms with Gasteiger partial charge in [0, 0.05) is 31.0 Å². The Hall–Kier alpha value is -0.930. The van der Waals surface area contributed by atoms with Crippen LogP contribution in [0.25, 0.3) is 0 Å². The zero-order chi connectivity index (χ0) is 11.4. The van der Waals surface area contributed by atoms with E-state index in [0.29, 0.717) is 12.1 Å². The van der Waals surface area contributed by atoms with Crippen LogP contribution in [0.5, 0.6) is 0 Å². The minimum absolute atomic E-state index is 0.436. The van der Waals surface area contributed by atoms with Crippen LogP contribution in [-0.4, -0.2) is 29.0 Å². The summed E-state index contributed by atoms with van der Waals surface area (Å²) in [5, 5.41) is 0. The van der Waals surface area contributed by atoms with E-state index in [1.165, 1.54) is 31.2 Å². The van der Waals surface area contributed by atoms with Crippen molar-refractivity contribution in [2.75, 3.05) is 7.05 Å². The third-order valence-corrected chi connectivity index (χ3v) is 3.55. The van der Waals surface area contributed by atoms with Gasteiger partial charge in [0.1, 0.15) is 0 Å². The van der Waals surface area contributed by atoms with E-state index < -0.39 is 0 Å². The highest BCUT2D eigenvalue weighted by molar-refractivity contribution is 5.09. The molecule has 0 aromatic carbocycles. The first kappa shape index (κ1) is 11.6. The quantitative estimate of drug-likeness (QED) is 0.842. The van der Waals surface area contributed by atoms with Gasteiger partial charge in [-0.1, -0.05) is 0 Å². The molecule has 2 rings (SSSR count). The predicted molar refractivity (Wildman–Crippen MR) is 65.9 cm³/mol. The van der Waals surface area contributed by atoms with Gasteiger partial charge in [-0.3, -0.25) is 9.88 Å². The van der Waals surface area contributed by atoms with Gasteiger partial charge < -0.3 is 5.73 Å². The highest BCUT2D eigenvalue weighted by atomic mass is 15.1. The Balaban J connectivity index is 1.86. The van der Waals surface area contributed by atoms with Crippen molar-refractivity contribution in [1.82, 2.24) is 9.88 Å². The van der Waals surface area contributed by atoms with Gasteiger partial charge in [-0.2, -0.15) is 0 Å². The minimum Gasteiger partial charge on any atom is -0.328 e. The van der Waals surface area contributed by atoms with Crippen molar-refractivity contribution in [3.63, 3.8) is 0 Å². The lowest BCUT2D eigenvalue weighted by Gasteiger charge is -2.33. The van der Waals surface area contributed by atoms with Crippen molar-refractivity contribution < 1.29 is 0 Å². The lowest BCUT2D eigenvalue weighted by Crippen LogP contribution is -2.38. The van der Waals surface area contributed by atoms with Crippen molar-refractivity contribution in [3.05, 3.63) is 30.1 Å². The van der Waals surface area contributed by atoms with Gasteiger partial charge in [-0.25, -0.2) is 0 Å². The molecule has 0 bridgehead atoms. The van der Waals surface area contributed by atoms with E-state index in [4.69, 9.17) is 5.73 Å². The maximum absolute atomic E-state index is 5.92. The molecule has 0 atom stereocenters. The van der Waals surface area contributed by atoms with Crippen molar-refractivity contribution in [1.29, 1.82) is 0 Å². The van der Waals surface area contributed by atoms with Gasteiger partial charge in [0.15, 0.2) is 0 Å². The number of pyridine rings is 1. The summed E-state index contributed by atoms with van der Waals surface area (Å²) in [7, 11) is 2.21. The van der Waals surface area contributed by atoms with Crippen LogP contribution >= 0.6 is 0 Å². The number of rotatable bonds is 3. The van der Waals surface area contributed by atoms with E-state index in [1.54, 1.807) is 0 Å². The van der Waals surface area contributed by atoms with Crippen LogP contribution in [0.1, 0.15) is 31.2 Å². The number of hydrogen-bond acceptors (Lipinski definition) is 3. The molecular formula is C13H21N3. The maximum Gasteiger partial charge on any atom is 0.0271 e. The molecule has 2 N–H and O–H groups in total. The molecule has 1 aliphatic rings. The molecule has 0 spiro atoms. The number of nitrogens with two attached hydrogens (primary N) is 1. The van der Waals surface area contributed by atoms with Gasteiger partial charge in [0.25, 0.3) is 0 Å². The van der Waals surface area contributed by atoms with Crippen LogP contribution in [0, 0.1) is 0 Å².